The molecule has 0 bridgehead atoms. The number of carbonyl (C=O) groups is 3. The van der Waals surface area contributed by atoms with Gasteiger partial charge in [-0.2, -0.15) is 11.8 Å². The first-order valence-corrected chi connectivity index (χ1v) is 12.5. The number of carboxylic acid groups (broad SMARTS) is 1. The molecule has 2 aromatic carbocycles. The first-order valence-electron chi connectivity index (χ1n) is 11.3. The van der Waals surface area contributed by atoms with Crippen molar-refractivity contribution in [2.75, 3.05) is 24.7 Å². The molecule has 4 rings (SSSR count). The van der Waals surface area contributed by atoms with E-state index in [4.69, 9.17) is 9.84 Å². The molecular weight excluding hydrogens is 478 g/mol. The molecule has 0 saturated carbocycles. The summed E-state index contributed by atoms with van der Waals surface area (Å²) in [6.07, 6.45) is -4.90. The van der Waals surface area contributed by atoms with Crippen molar-refractivity contribution >= 4 is 29.7 Å². The topological polar surface area (TPSA) is 95.9 Å². The van der Waals surface area contributed by atoms with Crippen molar-refractivity contribution in [2.24, 2.45) is 0 Å². The number of rotatable bonds is 8. The number of hydrogen-bond acceptors (Lipinski definition) is 5. The summed E-state index contributed by atoms with van der Waals surface area (Å²) in [4.78, 5) is 37.6. The van der Waals surface area contributed by atoms with Gasteiger partial charge in [-0.05, 0) is 22.3 Å². The third kappa shape index (κ3) is 5.75. The van der Waals surface area contributed by atoms with Crippen LogP contribution in [-0.2, 0) is 14.3 Å². The Bertz CT molecular complexity index is 1050. The van der Waals surface area contributed by atoms with Crippen LogP contribution in [0.5, 0.6) is 0 Å². The Hall–Kier alpha value is -3.14. The average Bonchev–Trinajstić information content (AvgIpc) is 3.16. The molecule has 2 N–H and O–H groups in total. The number of benzene rings is 2. The summed E-state index contributed by atoms with van der Waals surface area (Å²) < 4.78 is 32.7. The van der Waals surface area contributed by atoms with Gasteiger partial charge in [0.05, 0.1) is 18.9 Å². The number of alkyl halides is 2. The predicted molar refractivity (Wildman–Crippen MR) is 128 cm³/mol. The molecule has 2 unspecified atom stereocenters. The van der Waals surface area contributed by atoms with Gasteiger partial charge in [0, 0.05) is 24.0 Å². The fraction of sp³-hybridized carbons (Fsp3) is 0.400. The normalized spacial score (nSPS) is 18.0. The van der Waals surface area contributed by atoms with Crippen molar-refractivity contribution in [3.8, 4) is 11.1 Å². The molecule has 2 aliphatic rings. The van der Waals surface area contributed by atoms with E-state index in [9.17, 15) is 23.2 Å². The Labute approximate surface area is 205 Å². The molecule has 0 spiro atoms. The van der Waals surface area contributed by atoms with Gasteiger partial charge < -0.3 is 20.1 Å². The van der Waals surface area contributed by atoms with Gasteiger partial charge in [0.2, 0.25) is 5.91 Å². The first-order chi connectivity index (χ1) is 16.8. The molecule has 1 saturated heterocycles. The second-order valence-corrected chi connectivity index (χ2v) is 9.68. The van der Waals surface area contributed by atoms with Crippen LogP contribution in [0.2, 0.25) is 0 Å². The lowest BCUT2D eigenvalue weighted by molar-refractivity contribution is -0.140. The molecule has 0 aromatic heterocycles. The van der Waals surface area contributed by atoms with Crippen LogP contribution in [0.1, 0.15) is 29.9 Å². The molecule has 10 heteroatoms. The van der Waals surface area contributed by atoms with Gasteiger partial charge >= 0.3 is 12.1 Å². The van der Waals surface area contributed by atoms with Crippen LogP contribution in [0.3, 0.4) is 0 Å². The summed E-state index contributed by atoms with van der Waals surface area (Å²) in [5.41, 5.74) is 4.08. The molecule has 35 heavy (non-hydrogen) atoms. The Morgan fingerprint density at radius 1 is 1.09 bits per heavy atom. The first kappa shape index (κ1) is 25.0. The molecule has 186 valence electrons. The minimum absolute atomic E-state index is 0.0339. The molecule has 2 amide bonds. The number of ether oxygens (including phenoxy) is 1. The SMILES string of the molecule is O=C(O)CC1CSCCN1C(=O)CC(NC(=O)OCC1c2ccccc2-c2ccccc21)C(F)F. The Balaban J connectivity index is 1.37. The highest BCUT2D eigenvalue weighted by atomic mass is 32.2. The molecule has 1 aliphatic heterocycles. The smallest absolute Gasteiger partial charge is 0.407 e. The second kappa shape index (κ2) is 11.1. The van der Waals surface area contributed by atoms with Crippen molar-refractivity contribution in [1.29, 1.82) is 0 Å². The number of thioether (sulfide) groups is 1. The zero-order valence-electron chi connectivity index (χ0n) is 18.9. The zero-order valence-corrected chi connectivity index (χ0v) is 19.7. The molecule has 1 aliphatic carbocycles. The molecular formula is C25H26F2N2O5S. The van der Waals surface area contributed by atoms with E-state index in [0.29, 0.717) is 11.5 Å². The fourth-order valence-electron chi connectivity index (χ4n) is 4.65. The monoisotopic (exact) mass is 504 g/mol. The summed E-state index contributed by atoms with van der Waals surface area (Å²) in [6.45, 7) is 0.246. The van der Waals surface area contributed by atoms with Crippen LogP contribution >= 0.6 is 11.8 Å². The minimum atomic E-state index is -2.99. The number of alkyl carbamates (subject to hydrolysis) is 1. The lowest BCUT2D eigenvalue weighted by Crippen LogP contribution is -2.50. The molecule has 2 atom stereocenters. The largest absolute Gasteiger partial charge is 0.481 e. The predicted octanol–water partition coefficient (Wildman–Crippen LogP) is 3.97. The van der Waals surface area contributed by atoms with Crippen LogP contribution in [0.15, 0.2) is 48.5 Å². The molecule has 1 heterocycles. The van der Waals surface area contributed by atoms with Gasteiger partial charge in [-0.1, -0.05) is 48.5 Å². The summed E-state index contributed by atoms with van der Waals surface area (Å²) >= 11 is 1.52. The van der Waals surface area contributed by atoms with Gasteiger partial charge in [0.1, 0.15) is 12.6 Å². The third-order valence-corrected chi connectivity index (χ3v) is 7.40. The quantitative estimate of drug-likeness (QED) is 0.565. The summed E-state index contributed by atoms with van der Waals surface area (Å²) in [6, 6.07) is 13.2. The number of aliphatic carboxylic acids is 1. The van der Waals surface area contributed by atoms with Gasteiger partial charge in [0.15, 0.2) is 0 Å². The Morgan fingerprint density at radius 3 is 2.31 bits per heavy atom. The van der Waals surface area contributed by atoms with Gasteiger partial charge in [-0.25, -0.2) is 13.6 Å². The fourth-order valence-corrected chi connectivity index (χ4v) is 5.72. The number of fused-ring (bicyclic) bond motifs is 3. The van der Waals surface area contributed by atoms with Gasteiger partial charge in [-0.3, -0.25) is 9.59 Å². The maximum Gasteiger partial charge on any atom is 0.407 e. The molecule has 7 nitrogen and oxygen atoms in total. The van der Waals surface area contributed by atoms with Crippen molar-refractivity contribution in [3.63, 3.8) is 0 Å². The number of nitrogens with zero attached hydrogens (tertiary/aromatic N) is 1. The van der Waals surface area contributed by atoms with Crippen LogP contribution in [0, 0.1) is 0 Å². The van der Waals surface area contributed by atoms with Crippen LogP contribution < -0.4 is 5.32 Å². The van der Waals surface area contributed by atoms with Crippen LogP contribution in [0.25, 0.3) is 11.1 Å². The summed E-state index contributed by atoms with van der Waals surface area (Å²) in [5, 5.41) is 11.2. The van der Waals surface area contributed by atoms with Crippen molar-refractivity contribution in [2.45, 2.75) is 37.3 Å². The van der Waals surface area contributed by atoms with E-state index in [1.54, 1.807) is 0 Å². The second-order valence-electron chi connectivity index (χ2n) is 8.53. The maximum absolute atomic E-state index is 13.7. The molecule has 2 aromatic rings. The third-order valence-electron chi connectivity index (χ3n) is 6.30. The van der Waals surface area contributed by atoms with Crippen molar-refractivity contribution < 1.29 is 33.0 Å². The number of nitrogens with one attached hydrogen (secondary N) is 1. The standard InChI is InChI=1S/C25H26F2N2O5S/c26-24(27)21(12-22(30)29-9-10-35-14-15(29)11-23(31)32)28-25(33)34-13-20-18-7-3-1-5-16(18)17-6-2-4-8-19(17)20/h1-8,15,20-21,24H,9-14H2,(H,28,33)(H,31,32). The zero-order chi connectivity index (χ0) is 24.9. The highest BCUT2D eigenvalue weighted by Gasteiger charge is 2.34. The highest BCUT2D eigenvalue weighted by molar-refractivity contribution is 7.99. The number of hydrogen-bond donors (Lipinski definition) is 2. The Kier molecular flexibility index (Phi) is 7.90. The van der Waals surface area contributed by atoms with E-state index < -0.39 is 42.9 Å². The molecule has 0 radical (unpaired) electrons. The van der Waals surface area contributed by atoms with Gasteiger partial charge in [-0.15, -0.1) is 0 Å². The summed E-state index contributed by atoms with van der Waals surface area (Å²) in [5.74, 6) is -0.862. The van der Waals surface area contributed by atoms with E-state index in [1.807, 2.05) is 48.5 Å². The lowest BCUT2D eigenvalue weighted by atomic mass is 9.98. The van der Waals surface area contributed by atoms with Gasteiger partial charge in [0.25, 0.3) is 6.43 Å². The number of halogens is 2. The maximum atomic E-state index is 13.7. The van der Waals surface area contributed by atoms with Crippen molar-refractivity contribution in [3.05, 3.63) is 59.7 Å². The molecule has 1 fully saturated rings. The van der Waals surface area contributed by atoms with Crippen LogP contribution in [0.4, 0.5) is 13.6 Å². The summed E-state index contributed by atoms with van der Waals surface area (Å²) in [7, 11) is 0. The Morgan fingerprint density at radius 2 is 1.71 bits per heavy atom. The highest BCUT2D eigenvalue weighted by Crippen LogP contribution is 2.44. The van der Waals surface area contributed by atoms with E-state index >= 15 is 0 Å². The lowest BCUT2D eigenvalue weighted by Gasteiger charge is -2.35. The van der Waals surface area contributed by atoms with Crippen LogP contribution in [-0.4, -0.2) is 71.1 Å². The van der Waals surface area contributed by atoms with E-state index in [0.717, 1.165) is 22.3 Å². The van der Waals surface area contributed by atoms with Crippen molar-refractivity contribution in [1.82, 2.24) is 10.2 Å². The van der Waals surface area contributed by atoms with E-state index in [-0.39, 0.29) is 25.5 Å². The minimum Gasteiger partial charge on any atom is -0.481 e. The average molecular weight is 505 g/mol. The number of carboxylic acids is 1. The number of carbonyl (C=O) groups excluding carboxylic acids is 2. The number of amides is 2. The van der Waals surface area contributed by atoms with E-state index in [2.05, 4.69) is 5.32 Å². The van der Waals surface area contributed by atoms with E-state index in [1.165, 1.54) is 16.7 Å².